The van der Waals surface area contributed by atoms with Gasteiger partial charge in [0.25, 0.3) is 5.91 Å². The highest BCUT2D eigenvalue weighted by molar-refractivity contribution is 9.10. The predicted molar refractivity (Wildman–Crippen MR) is 124 cm³/mol. The molecule has 0 radical (unpaired) electrons. The zero-order valence-corrected chi connectivity index (χ0v) is 19.8. The average molecular weight is 495 g/mol. The Morgan fingerprint density at radius 2 is 1.77 bits per heavy atom. The van der Waals surface area contributed by atoms with Crippen molar-refractivity contribution in [3.8, 4) is 0 Å². The minimum Gasteiger partial charge on any atom is -0.367 e. The zero-order valence-electron chi connectivity index (χ0n) is 17.4. The molecule has 1 saturated heterocycles. The second-order valence-electron chi connectivity index (χ2n) is 7.33. The molecule has 1 amide bonds. The second-order valence-corrected chi connectivity index (χ2v) is 10.3. The van der Waals surface area contributed by atoms with Crippen LogP contribution in [0.3, 0.4) is 0 Å². The van der Waals surface area contributed by atoms with Gasteiger partial charge >= 0.3 is 0 Å². The number of carbonyl (C=O) groups is 1. The average Bonchev–Trinajstić information content (AvgIpc) is 2.74. The Hall–Kier alpha value is -1.94. The first-order valence-corrected chi connectivity index (χ1v) is 12.1. The van der Waals surface area contributed by atoms with Gasteiger partial charge < -0.3 is 15.1 Å². The highest BCUT2D eigenvalue weighted by atomic mass is 79.9. The fourth-order valence-electron chi connectivity index (χ4n) is 3.39. The van der Waals surface area contributed by atoms with Crippen LogP contribution in [0.15, 0.2) is 51.8 Å². The second kappa shape index (κ2) is 9.47. The van der Waals surface area contributed by atoms with Gasteiger partial charge in [-0.05, 0) is 52.8 Å². The fourth-order valence-corrected chi connectivity index (χ4v) is 5.24. The first kappa shape index (κ1) is 22.7. The van der Waals surface area contributed by atoms with Crippen molar-refractivity contribution in [2.24, 2.45) is 0 Å². The summed E-state index contributed by atoms with van der Waals surface area (Å²) in [6.45, 7) is 6.95. The summed E-state index contributed by atoms with van der Waals surface area (Å²) in [6.07, 6.45) is 0. The summed E-state index contributed by atoms with van der Waals surface area (Å²) in [7, 11) is -0.753. The molecule has 3 rings (SSSR count). The van der Waals surface area contributed by atoms with Crippen LogP contribution in [-0.4, -0.2) is 70.3 Å². The molecule has 1 aliphatic rings. The molecule has 9 heteroatoms. The maximum Gasteiger partial charge on any atom is 0.255 e. The Morgan fingerprint density at radius 3 is 2.40 bits per heavy atom. The lowest BCUT2D eigenvalue weighted by Crippen LogP contribution is -2.46. The SMILES string of the molecule is CCN1CCN(c2ccccc2NC(=O)c2ccc(Br)c(S(=O)(=O)N(C)C)c2)CC1. The molecule has 1 fully saturated rings. The summed E-state index contributed by atoms with van der Waals surface area (Å²) in [4.78, 5) is 17.7. The van der Waals surface area contributed by atoms with E-state index in [1.54, 1.807) is 12.1 Å². The van der Waals surface area contributed by atoms with Gasteiger partial charge in [0.15, 0.2) is 0 Å². The number of amides is 1. The van der Waals surface area contributed by atoms with Crippen LogP contribution in [0.5, 0.6) is 0 Å². The van der Waals surface area contributed by atoms with Crippen LogP contribution < -0.4 is 10.2 Å². The van der Waals surface area contributed by atoms with E-state index in [2.05, 4.69) is 38.0 Å². The number of nitrogens with zero attached hydrogens (tertiary/aromatic N) is 3. The third-order valence-corrected chi connectivity index (χ3v) is 8.07. The molecule has 1 N–H and O–H groups in total. The molecule has 0 bridgehead atoms. The lowest BCUT2D eigenvalue weighted by atomic mass is 10.1. The van der Waals surface area contributed by atoms with E-state index in [9.17, 15) is 13.2 Å². The number of hydrogen-bond acceptors (Lipinski definition) is 5. The molecule has 0 aliphatic carbocycles. The van der Waals surface area contributed by atoms with E-state index in [0.29, 0.717) is 10.2 Å². The third-order valence-electron chi connectivity index (χ3n) is 5.26. The van der Waals surface area contributed by atoms with E-state index >= 15 is 0 Å². The number of piperazine rings is 1. The van der Waals surface area contributed by atoms with Crippen LogP contribution in [0.25, 0.3) is 0 Å². The van der Waals surface area contributed by atoms with Crippen molar-refractivity contribution >= 4 is 43.2 Å². The van der Waals surface area contributed by atoms with Crippen molar-refractivity contribution in [3.05, 3.63) is 52.5 Å². The molecule has 162 valence electrons. The monoisotopic (exact) mass is 494 g/mol. The normalized spacial score (nSPS) is 15.4. The molecule has 0 aromatic heterocycles. The molecule has 0 atom stereocenters. The molecule has 2 aromatic rings. The number of rotatable bonds is 6. The summed E-state index contributed by atoms with van der Waals surface area (Å²) in [6, 6.07) is 12.3. The zero-order chi connectivity index (χ0) is 21.9. The van der Waals surface area contributed by atoms with E-state index in [0.717, 1.165) is 42.7 Å². The van der Waals surface area contributed by atoms with E-state index in [1.807, 2.05) is 24.3 Å². The highest BCUT2D eigenvalue weighted by Gasteiger charge is 2.23. The first-order valence-electron chi connectivity index (χ1n) is 9.83. The van der Waals surface area contributed by atoms with E-state index in [-0.39, 0.29) is 16.4 Å². The van der Waals surface area contributed by atoms with Crippen molar-refractivity contribution in [1.29, 1.82) is 0 Å². The molecular weight excluding hydrogens is 468 g/mol. The van der Waals surface area contributed by atoms with Gasteiger partial charge in [0.05, 0.1) is 16.3 Å². The van der Waals surface area contributed by atoms with Crippen molar-refractivity contribution in [2.45, 2.75) is 11.8 Å². The summed E-state index contributed by atoms with van der Waals surface area (Å²) in [5.41, 5.74) is 1.97. The number of hydrogen-bond donors (Lipinski definition) is 1. The van der Waals surface area contributed by atoms with Gasteiger partial charge in [-0.3, -0.25) is 4.79 Å². The van der Waals surface area contributed by atoms with Crippen molar-refractivity contribution in [1.82, 2.24) is 9.21 Å². The number of likely N-dealkylation sites (N-methyl/N-ethyl adjacent to an activating group) is 1. The van der Waals surface area contributed by atoms with Crippen molar-refractivity contribution in [3.63, 3.8) is 0 Å². The largest absolute Gasteiger partial charge is 0.367 e. The molecule has 7 nitrogen and oxygen atoms in total. The molecule has 30 heavy (non-hydrogen) atoms. The molecular formula is C21H27BrN4O3S. The Bertz CT molecular complexity index is 1020. The summed E-state index contributed by atoms with van der Waals surface area (Å²) < 4.78 is 26.6. The molecule has 1 aliphatic heterocycles. The smallest absolute Gasteiger partial charge is 0.255 e. The number of anilines is 2. The Morgan fingerprint density at radius 1 is 1.10 bits per heavy atom. The quantitative estimate of drug-likeness (QED) is 0.667. The minimum absolute atomic E-state index is 0.0594. The van der Waals surface area contributed by atoms with Crippen molar-refractivity contribution in [2.75, 3.05) is 57.0 Å². The van der Waals surface area contributed by atoms with Crippen LogP contribution in [0.2, 0.25) is 0 Å². The van der Waals surface area contributed by atoms with Crippen LogP contribution >= 0.6 is 15.9 Å². The maximum absolute atomic E-state index is 12.9. The maximum atomic E-state index is 12.9. The van der Waals surface area contributed by atoms with Gasteiger partial charge in [0, 0.05) is 50.3 Å². The first-order chi connectivity index (χ1) is 14.2. The lowest BCUT2D eigenvalue weighted by Gasteiger charge is -2.36. The molecule has 0 unspecified atom stereocenters. The van der Waals surface area contributed by atoms with Gasteiger partial charge in [-0.2, -0.15) is 0 Å². The number of carbonyl (C=O) groups excluding carboxylic acids is 1. The van der Waals surface area contributed by atoms with Crippen LogP contribution in [0.1, 0.15) is 17.3 Å². The van der Waals surface area contributed by atoms with Crippen molar-refractivity contribution < 1.29 is 13.2 Å². The number of halogens is 1. The fraction of sp³-hybridized carbons (Fsp3) is 0.381. The lowest BCUT2D eigenvalue weighted by molar-refractivity contribution is 0.102. The number of benzene rings is 2. The van der Waals surface area contributed by atoms with Gasteiger partial charge in [-0.1, -0.05) is 19.1 Å². The van der Waals surface area contributed by atoms with Gasteiger partial charge in [-0.15, -0.1) is 0 Å². The highest BCUT2D eigenvalue weighted by Crippen LogP contribution is 2.29. The number of nitrogens with one attached hydrogen (secondary N) is 1. The van der Waals surface area contributed by atoms with Gasteiger partial charge in [-0.25, -0.2) is 12.7 Å². The molecule has 0 saturated carbocycles. The summed E-state index contributed by atoms with van der Waals surface area (Å²) in [5, 5.41) is 2.96. The Kier molecular flexibility index (Phi) is 7.18. The third kappa shape index (κ3) is 4.85. The summed E-state index contributed by atoms with van der Waals surface area (Å²) >= 11 is 3.28. The number of para-hydroxylation sites is 2. The standard InChI is InChI=1S/C21H27BrN4O3S/c1-4-25-11-13-26(14-12-25)19-8-6-5-7-18(19)23-21(27)16-9-10-17(22)20(15-16)30(28,29)24(2)3/h5-10,15H,4,11-14H2,1-3H3,(H,23,27). The van der Waals surface area contributed by atoms with Gasteiger partial charge in [0.1, 0.15) is 0 Å². The van der Waals surface area contributed by atoms with Gasteiger partial charge in [0.2, 0.25) is 10.0 Å². The van der Waals surface area contributed by atoms with E-state index in [4.69, 9.17) is 0 Å². The van der Waals surface area contributed by atoms with E-state index < -0.39 is 10.0 Å². The van der Waals surface area contributed by atoms with Crippen LogP contribution in [-0.2, 0) is 10.0 Å². The molecule has 2 aromatic carbocycles. The molecule has 1 heterocycles. The number of sulfonamides is 1. The Balaban J connectivity index is 1.84. The van der Waals surface area contributed by atoms with Crippen LogP contribution in [0, 0.1) is 0 Å². The molecule has 0 spiro atoms. The van der Waals surface area contributed by atoms with Crippen LogP contribution in [0.4, 0.5) is 11.4 Å². The topological polar surface area (TPSA) is 73.0 Å². The van der Waals surface area contributed by atoms with E-state index in [1.165, 1.54) is 20.2 Å². The minimum atomic E-state index is -3.68. The summed E-state index contributed by atoms with van der Waals surface area (Å²) in [5.74, 6) is -0.350. The Labute approximate surface area is 186 Å². The predicted octanol–water partition coefficient (Wildman–Crippen LogP) is 3.09.